The van der Waals surface area contributed by atoms with Crippen molar-refractivity contribution in [2.75, 3.05) is 11.9 Å². The molecule has 0 aromatic rings. The van der Waals surface area contributed by atoms with Crippen molar-refractivity contribution in [3.05, 3.63) is 0 Å². The number of rotatable bonds is 6. The van der Waals surface area contributed by atoms with Gasteiger partial charge in [-0.2, -0.15) is 0 Å². The van der Waals surface area contributed by atoms with E-state index in [4.69, 9.17) is 4.74 Å². The molecule has 3 heteroatoms. The summed E-state index contributed by atoms with van der Waals surface area (Å²) in [6.07, 6.45) is 3.79. The van der Waals surface area contributed by atoms with Crippen LogP contribution >= 0.6 is 15.9 Å². The molecule has 0 aromatic carbocycles. The van der Waals surface area contributed by atoms with E-state index < -0.39 is 0 Å². The number of esters is 1. The van der Waals surface area contributed by atoms with E-state index >= 15 is 0 Å². The van der Waals surface area contributed by atoms with Crippen molar-refractivity contribution < 1.29 is 9.53 Å². The number of hydrogen-bond acceptors (Lipinski definition) is 2. The van der Waals surface area contributed by atoms with Gasteiger partial charge >= 0.3 is 5.97 Å². The number of ether oxygens (including phenoxy) is 1. The molecule has 0 saturated carbocycles. The van der Waals surface area contributed by atoms with Crippen molar-refractivity contribution in [2.24, 2.45) is 0 Å². The van der Waals surface area contributed by atoms with Gasteiger partial charge in [0.15, 0.2) is 0 Å². The van der Waals surface area contributed by atoms with Gasteiger partial charge in [-0.3, -0.25) is 4.79 Å². The Labute approximate surface area is 76.4 Å². The maximum Gasteiger partial charge on any atom is 0.305 e. The third-order valence-corrected chi connectivity index (χ3v) is 1.65. The molecule has 0 aliphatic carbocycles. The van der Waals surface area contributed by atoms with Gasteiger partial charge in [0.05, 0.1) is 0 Å². The highest BCUT2D eigenvalue weighted by Crippen LogP contribution is 2.00. The average Bonchev–Trinajstić information content (AvgIpc) is 2.01. The van der Waals surface area contributed by atoms with Gasteiger partial charge in [-0.15, -0.1) is 0 Å². The fraction of sp³-hybridized carbons (Fsp3) is 0.875. The average molecular weight is 223 g/mol. The van der Waals surface area contributed by atoms with E-state index in [-0.39, 0.29) is 5.97 Å². The lowest BCUT2D eigenvalue weighted by molar-refractivity contribution is -0.143. The van der Waals surface area contributed by atoms with Crippen LogP contribution in [0.5, 0.6) is 0 Å². The fourth-order valence-electron chi connectivity index (χ4n) is 0.744. The quantitative estimate of drug-likeness (QED) is 0.393. The third kappa shape index (κ3) is 7.85. The van der Waals surface area contributed by atoms with Gasteiger partial charge in [0.25, 0.3) is 0 Å². The first-order chi connectivity index (χ1) is 5.31. The smallest absolute Gasteiger partial charge is 0.305 e. The van der Waals surface area contributed by atoms with Gasteiger partial charge in [-0.05, 0) is 6.42 Å². The standard InChI is InChI=1S/C8H15BrO2/c1-2-3-4-5-8(10)11-7-6-9/h2-7H2,1H3. The van der Waals surface area contributed by atoms with Gasteiger partial charge in [-0.1, -0.05) is 35.7 Å². The van der Waals surface area contributed by atoms with Crippen LogP contribution in [0.1, 0.15) is 32.6 Å². The summed E-state index contributed by atoms with van der Waals surface area (Å²) in [4.78, 5) is 10.8. The Morgan fingerprint density at radius 3 is 2.73 bits per heavy atom. The van der Waals surface area contributed by atoms with E-state index in [0.717, 1.165) is 24.6 Å². The SMILES string of the molecule is CCCCCC(=O)OCCBr. The summed E-state index contributed by atoms with van der Waals surface area (Å²) in [6.45, 7) is 2.61. The Morgan fingerprint density at radius 2 is 2.18 bits per heavy atom. The molecule has 0 N–H and O–H groups in total. The zero-order chi connectivity index (χ0) is 8.53. The Balaban J connectivity index is 3.09. The Kier molecular flexibility index (Phi) is 8.01. The van der Waals surface area contributed by atoms with Crippen molar-refractivity contribution in [3.8, 4) is 0 Å². The Hall–Kier alpha value is -0.0500. The molecule has 0 aromatic heterocycles. The molecule has 0 saturated heterocycles. The lowest BCUT2D eigenvalue weighted by Gasteiger charge is -2.00. The van der Waals surface area contributed by atoms with Gasteiger partial charge in [-0.25, -0.2) is 0 Å². The first-order valence-electron chi connectivity index (χ1n) is 4.02. The molecule has 0 aliphatic rings. The van der Waals surface area contributed by atoms with E-state index in [0.29, 0.717) is 13.0 Å². The maximum absolute atomic E-state index is 10.8. The van der Waals surface area contributed by atoms with Gasteiger partial charge in [0.1, 0.15) is 6.61 Å². The predicted octanol–water partition coefficient (Wildman–Crippen LogP) is 2.50. The Morgan fingerprint density at radius 1 is 1.45 bits per heavy atom. The van der Waals surface area contributed by atoms with Crippen LogP contribution in [0.2, 0.25) is 0 Å². The second-order valence-electron chi connectivity index (χ2n) is 2.37. The van der Waals surface area contributed by atoms with Crippen LogP contribution in [0.25, 0.3) is 0 Å². The number of alkyl halides is 1. The molecule has 0 rings (SSSR count). The molecule has 0 unspecified atom stereocenters. The minimum Gasteiger partial charge on any atom is -0.465 e. The molecule has 2 nitrogen and oxygen atoms in total. The first kappa shape index (κ1) is 11.0. The molecule has 0 aliphatic heterocycles. The topological polar surface area (TPSA) is 26.3 Å². The van der Waals surface area contributed by atoms with Crippen LogP contribution < -0.4 is 0 Å². The minimum absolute atomic E-state index is 0.0714. The molecule has 0 heterocycles. The predicted molar refractivity (Wildman–Crippen MR) is 48.9 cm³/mol. The molecule has 0 amide bonds. The van der Waals surface area contributed by atoms with Crippen LogP contribution in [-0.2, 0) is 9.53 Å². The van der Waals surface area contributed by atoms with Crippen LogP contribution in [0, 0.1) is 0 Å². The summed E-state index contributed by atoms with van der Waals surface area (Å²) >= 11 is 3.18. The van der Waals surface area contributed by atoms with Crippen molar-refractivity contribution >= 4 is 21.9 Å². The number of hydrogen-bond donors (Lipinski definition) is 0. The lowest BCUT2D eigenvalue weighted by Crippen LogP contribution is -2.05. The summed E-state index contributed by atoms with van der Waals surface area (Å²) < 4.78 is 4.85. The minimum atomic E-state index is -0.0714. The van der Waals surface area contributed by atoms with E-state index in [1.165, 1.54) is 0 Å². The van der Waals surface area contributed by atoms with Gasteiger partial charge in [0.2, 0.25) is 0 Å². The number of halogens is 1. The van der Waals surface area contributed by atoms with Crippen molar-refractivity contribution in [1.29, 1.82) is 0 Å². The molecule has 0 bridgehead atoms. The van der Waals surface area contributed by atoms with Crippen LogP contribution in [0.3, 0.4) is 0 Å². The summed E-state index contributed by atoms with van der Waals surface area (Å²) in [5.74, 6) is -0.0714. The molecule has 0 fully saturated rings. The normalized spacial score (nSPS) is 9.64. The Bertz CT molecular complexity index is 104. The highest BCUT2D eigenvalue weighted by atomic mass is 79.9. The third-order valence-electron chi connectivity index (χ3n) is 1.32. The van der Waals surface area contributed by atoms with Crippen LogP contribution in [0.4, 0.5) is 0 Å². The summed E-state index contributed by atoms with van der Waals surface area (Å²) in [5.41, 5.74) is 0. The maximum atomic E-state index is 10.8. The molecule has 0 spiro atoms. The highest BCUT2D eigenvalue weighted by molar-refractivity contribution is 9.09. The van der Waals surface area contributed by atoms with Crippen molar-refractivity contribution in [2.45, 2.75) is 32.6 Å². The number of carbonyl (C=O) groups is 1. The summed E-state index contributed by atoms with van der Waals surface area (Å²) in [5, 5.41) is 0.729. The number of unbranched alkanes of at least 4 members (excludes halogenated alkanes) is 2. The lowest BCUT2D eigenvalue weighted by atomic mass is 10.2. The zero-order valence-electron chi connectivity index (χ0n) is 6.94. The second kappa shape index (κ2) is 8.05. The van der Waals surface area contributed by atoms with E-state index in [1.54, 1.807) is 0 Å². The number of carbonyl (C=O) groups excluding carboxylic acids is 1. The van der Waals surface area contributed by atoms with Crippen LogP contribution in [0.15, 0.2) is 0 Å². The van der Waals surface area contributed by atoms with E-state index in [9.17, 15) is 4.79 Å². The molecule has 0 radical (unpaired) electrons. The summed E-state index contributed by atoms with van der Waals surface area (Å²) in [7, 11) is 0. The fourth-order valence-corrected chi connectivity index (χ4v) is 0.906. The van der Waals surface area contributed by atoms with Crippen molar-refractivity contribution in [1.82, 2.24) is 0 Å². The molecular weight excluding hydrogens is 208 g/mol. The monoisotopic (exact) mass is 222 g/mol. The second-order valence-corrected chi connectivity index (χ2v) is 3.16. The van der Waals surface area contributed by atoms with Gasteiger partial charge in [0, 0.05) is 11.8 Å². The van der Waals surface area contributed by atoms with E-state index in [2.05, 4.69) is 22.9 Å². The summed E-state index contributed by atoms with van der Waals surface area (Å²) in [6, 6.07) is 0. The first-order valence-corrected chi connectivity index (χ1v) is 5.15. The van der Waals surface area contributed by atoms with Crippen LogP contribution in [-0.4, -0.2) is 17.9 Å². The van der Waals surface area contributed by atoms with Gasteiger partial charge < -0.3 is 4.74 Å². The van der Waals surface area contributed by atoms with Crippen molar-refractivity contribution in [3.63, 3.8) is 0 Å². The largest absolute Gasteiger partial charge is 0.465 e. The highest BCUT2D eigenvalue weighted by Gasteiger charge is 1.99. The van der Waals surface area contributed by atoms with E-state index in [1.807, 2.05) is 0 Å². The molecule has 0 atom stereocenters. The zero-order valence-corrected chi connectivity index (χ0v) is 8.52. The molecular formula is C8H15BrO2. The molecule has 66 valence electrons. The molecule has 11 heavy (non-hydrogen) atoms.